The number of hydrogen-bond acceptors (Lipinski definition) is 4. The van der Waals surface area contributed by atoms with E-state index < -0.39 is 0 Å². The number of aromatic nitrogens is 1. The van der Waals surface area contributed by atoms with Gasteiger partial charge in [-0.25, -0.2) is 10.4 Å². The van der Waals surface area contributed by atoms with E-state index in [4.69, 9.17) is 23.2 Å². The third-order valence-corrected chi connectivity index (χ3v) is 4.65. The normalized spacial score (nSPS) is 11.0. The van der Waals surface area contributed by atoms with Crippen molar-refractivity contribution in [3.05, 3.63) is 38.8 Å². The average Bonchev–Trinajstić information content (AvgIpc) is 2.83. The molecular formula is C14H14Cl2N4OS. The topological polar surface area (TPSA) is 57.6 Å². The zero-order chi connectivity index (χ0) is 16.3. The summed E-state index contributed by atoms with van der Waals surface area (Å²) in [5.74, 6) is -0.308. The second-order valence-corrected chi connectivity index (χ2v) is 6.47. The summed E-state index contributed by atoms with van der Waals surface area (Å²) in [5.41, 5.74) is 3.79. The number of carbonyl (C=O) groups is 1. The van der Waals surface area contributed by atoms with Crippen LogP contribution in [-0.4, -0.2) is 36.2 Å². The minimum absolute atomic E-state index is 0.308. The molecule has 2 aromatic rings. The van der Waals surface area contributed by atoms with Gasteiger partial charge in [-0.1, -0.05) is 35.3 Å². The van der Waals surface area contributed by atoms with Gasteiger partial charge in [0.2, 0.25) is 0 Å². The van der Waals surface area contributed by atoms with Crippen molar-refractivity contribution in [3.8, 4) is 10.6 Å². The summed E-state index contributed by atoms with van der Waals surface area (Å²) in [6.45, 7) is 1.77. The van der Waals surface area contributed by atoms with Crippen LogP contribution in [0.5, 0.6) is 0 Å². The SMILES string of the molecule is Cc1nc(-c2cccc(Cl)c2Cl)sc1C(=O)N/N=C\N(C)C. The molecule has 1 aromatic heterocycles. The minimum Gasteiger partial charge on any atom is -0.367 e. The van der Waals surface area contributed by atoms with Crippen LogP contribution in [0.25, 0.3) is 10.6 Å². The molecule has 22 heavy (non-hydrogen) atoms. The fourth-order valence-electron chi connectivity index (χ4n) is 1.65. The van der Waals surface area contributed by atoms with Gasteiger partial charge in [-0.3, -0.25) is 4.79 Å². The highest BCUT2D eigenvalue weighted by atomic mass is 35.5. The standard InChI is InChI=1S/C14H14Cl2N4OS/c1-8-12(13(21)19-17-7-20(2)3)22-14(18-8)9-5-4-6-10(15)11(9)16/h4-7H,1-3H3,(H,19,21)/b17-7-. The maximum Gasteiger partial charge on any atom is 0.283 e. The number of benzene rings is 1. The van der Waals surface area contributed by atoms with Crippen molar-refractivity contribution in [1.82, 2.24) is 15.3 Å². The van der Waals surface area contributed by atoms with Gasteiger partial charge in [-0.15, -0.1) is 11.3 Å². The van der Waals surface area contributed by atoms with Crippen LogP contribution in [0.3, 0.4) is 0 Å². The highest BCUT2D eigenvalue weighted by Crippen LogP contribution is 2.36. The Labute approximate surface area is 142 Å². The summed E-state index contributed by atoms with van der Waals surface area (Å²) in [6.07, 6.45) is 1.50. The Morgan fingerprint density at radius 3 is 2.82 bits per heavy atom. The maximum atomic E-state index is 12.1. The molecule has 0 fully saturated rings. The van der Waals surface area contributed by atoms with E-state index in [1.54, 1.807) is 24.0 Å². The van der Waals surface area contributed by atoms with Gasteiger partial charge < -0.3 is 4.90 Å². The molecule has 0 aliphatic heterocycles. The molecule has 0 bridgehead atoms. The molecule has 1 heterocycles. The molecule has 0 aliphatic carbocycles. The first-order valence-corrected chi connectivity index (χ1v) is 7.89. The lowest BCUT2D eigenvalue weighted by Gasteiger charge is -2.02. The molecule has 1 N–H and O–H groups in total. The zero-order valence-corrected chi connectivity index (χ0v) is 14.6. The van der Waals surface area contributed by atoms with Gasteiger partial charge in [0, 0.05) is 19.7 Å². The van der Waals surface area contributed by atoms with Crippen LogP contribution in [-0.2, 0) is 0 Å². The van der Waals surface area contributed by atoms with Crippen LogP contribution in [0.4, 0.5) is 0 Å². The average molecular weight is 357 g/mol. The molecular weight excluding hydrogens is 343 g/mol. The van der Waals surface area contributed by atoms with E-state index >= 15 is 0 Å². The quantitative estimate of drug-likeness (QED) is 0.516. The van der Waals surface area contributed by atoms with Crippen LogP contribution in [0.15, 0.2) is 23.3 Å². The van der Waals surface area contributed by atoms with Crippen LogP contribution < -0.4 is 5.43 Å². The number of nitrogens with one attached hydrogen (secondary N) is 1. The third-order valence-electron chi connectivity index (χ3n) is 2.64. The molecule has 1 amide bonds. The van der Waals surface area contributed by atoms with E-state index in [2.05, 4.69) is 15.5 Å². The van der Waals surface area contributed by atoms with E-state index in [1.807, 2.05) is 20.2 Å². The molecule has 0 atom stereocenters. The van der Waals surface area contributed by atoms with Gasteiger partial charge in [-0.05, 0) is 13.0 Å². The molecule has 8 heteroatoms. The van der Waals surface area contributed by atoms with Crippen molar-refractivity contribution in [1.29, 1.82) is 0 Å². The number of rotatable bonds is 4. The Morgan fingerprint density at radius 1 is 1.41 bits per heavy atom. The number of hydrogen-bond donors (Lipinski definition) is 1. The van der Waals surface area contributed by atoms with Crippen LogP contribution in [0, 0.1) is 6.92 Å². The van der Waals surface area contributed by atoms with E-state index in [0.717, 1.165) is 0 Å². The number of halogens is 2. The second kappa shape index (κ2) is 7.09. The Hall–Kier alpha value is -1.63. The Balaban J connectivity index is 2.28. The summed E-state index contributed by atoms with van der Waals surface area (Å²) >= 11 is 13.5. The largest absolute Gasteiger partial charge is 0.367 e. The van der Waals surface area contributed by atoms with E-state index in [9.17, 15) is 4.79 Å². The van der Waals surface area contributed by atoms with Crippen molar-refractivity contribution >= 4 is 46.8 Å². The van der Waals surface area contributed by atoms with Gasteiger partial charge in [0.25, 0.3) is 5.91 Å². The maximum absolute atomic E-state index is 12.1. The van der Waals surface area contributed by atoms with Gasteiger partial charge in [0.1, 0.15) is 16.2 Å². The first-order chi connectivity index (χ1) is 10.4. The van der Waals surface area contributed by atoms with Crippen molar-refractivity contribution in [3.63, 3.8) is 0 Å². The minimum atomic E-state index is -0.308. The molecule has 2 rings (SSSR count). The lowest BCUT2D eigenvalue weighted by atomic mass is 10.2. The van der Waals surface area contributed by atoms with Crippen LogP contribution >= 0.6 is 34.5 Å². The summed E-state index contributed by atoms with van der Waals surface area (Å²) in [4.78, 5) is 18.7. The van der Waals surface area contributed by atoms with Gasteiger partial charge in [-0.2, -0.15) is 5.10 Å². The van der Waals surface area contributed by atoms with Gasteiger partial charge in [0.05, 0.1) is 15.7 Å². The number of carbonyl (C=O) groups excluding carboxylic acids is 1. The Bertz CT molecular complexity index is 728. The molecule has 0 saturated carbocycles. The fraction of sp³-hybridized carbons (Fsp3) is 0.214. The van der Waals surface area contributed by atoms with E-state index in [0.29, 0.717) is 31.2 Å². The molecule has 0 radical (unpaired) electrons. The Morgan fingerprint density at radius 2 is 2.14 bits per heavy atom. The highest BCUT2D eigenvalue weighted by molar-refractivity contribution is 7.17. The number of hydrazone groups is 1. The third kappa shape index (κ3) is 3.76. The fourth-order valence-corrected chi connectivity index (χ4v) is 3.08. The van der Waals surface area contributed by atoms with Crippen molar-refractivity contribution in [2.75, 3.05) is 14.1 Å². The first-order valence-electron chi connectivity index (χ1n) is 6.32. The van der Waals surface area contributed by atoms with Crippen LogP contribution in [0.1, 0.15) is 15.4 Å². The Kier molecular flexibility index (Phi) is 5.39. The summed E-state index contributed by atoms with van der Waals surface area (Å²) in [7, 11) is 3.62. The molecule has 0 unspecified atom stereocenters. The second-order valence-electron chi connectivity index (χ2n) is 4.68. The molecule has 5 nitrogen and oxygen atoms in total. The molecule has 1 aromatic carbocycles. The smallest absolute Gasteiger partial charge is 0.283 e. The van der Waals surface area contributed by atoms with E-state index in [1.165, 1.54) is 17.7 Å². The first kappa shape index (κ1) is 16.7. The molecule has 0 saturated heterocycles. The molecule has 0 spiro atoms. The summed E-state index contributed by atoms with van der Waals surface area (Å²) in [5, 5.41) is 5.36. The number of amides is 1. The predicted molar refractivity (Wildman–Crippen MR) is 92.0 cm³/mol. The number of aryl methyl sites for hydroxylation is 1. The van der Waals surface area contributed by atoms with Crippen molar-refractivity contribution < 1.29 is 4.79 Å². The van der Waals surface area contributed by atoms with Gasteiger partial charge in [0.15, 0.2) is 0 Å². The lowest BCUT2D eigenvalue weighted by Crippen LogP contribution is -2.20. The zero-order valence-electron chi connectivity index (χ0n) is 12.2. The monoisotopic (exact) mass is 356 g/mol. The van der Waals surface area contributed by atoms with Crippen molar-refractivity contribution in [2.45, 2.75) is 6.92 Å². The van der Waals surface area contributed by atoms with Crippen LogP contribution in [0.2, 0.25) is 10.0 Å². The predicted octanol–water partition coefficient (Wildman–Crippen LogP) is 3.66. The number of nitrogens with zero attached hydrogens (tertiary/aromatic N) is 3. The number of thiazole rings is 1. The highest BCUT2D eigenvalue weighted by Gasteiger charge is 2.18. The van der Waals surface area contributed by atoms with Gasteiger partial charge >= 0.3 is 0 Å². The van der Waals surface area contributed by atoms with Crippen molar-refractivity contribution in [2.24, 2.45) is 5.10 Å². The summed E-state index contributed by atoms with van der Waals surface area (Å²) < 4.78 is 0. The summed E-state index contributed by atoms with van der Waals surface area (Å²) in [6, 6.07) is 5.32. The van der Waals surface area contributed by atoms with E-state index in [-0.39, 0.29) is 5.91 Å². The lowest BCUT2D eigenvalue weighted by molar-refractivity contribution is 0.0958. The molecule has 116 valence electrons. The molecule has 0 aliphatic rings.